The first-order valence-electron chi connectivity index (χ1n) is 11.7. The Morgan fingerprint density at radius 1 is 1.06 bits per heavy atom. The number of carbonyl (C=O) groups excluding carboxylic acids is 2. The lowest BCUT2D eigenvalue weighted by Crippen LogP contribution is -2.50. The molecule has 1 atom stereocenters. The van der Waals surface area contributed by atoms with Gasteiger partial charge in [0.25, 0.3) is 0 Å². The second kappa shape index (κ2) is 13.6. The number of amides is 1. The molecule has 0 aliphatic carbocycles. The summed E-state index contributed by atoms with van der Waals surface area (Å²) in [6.45, 7) is 0.252. The van der Waals surface area contributed by atoms with Crippen molar-refractivity contribution in [2.45, 2.75) is 31.6 Å². The molecule has 2 aromatic rings. The molecule has 0 fully saturated rings. The third-order valence-corrected chi connectivity index (χ3v) is 5.77. The lowest BCUT2D eigenvalue weighted by Gasteiger charge is -2.34. The van der Waals surface area contributed by atoms with E-state index in [9.17, 15) is 19.5 Å². The van der Waals surface area contributed by atoms with E-state index in [0.717, 1.165) is 17.5 Å². The Morgan fingerprint density at radius 2 is 1.80 bits per heavy atom. The van der Waals surface area contributed by atoms with Crippen LogP contribution < -0.4 is 5.01 Å². The number of methoxy groups -OCH3 is 1. The SMILES string of the molecule is COCCOCOC(=O)C(CCN(CC(=O)O)N1C(=O)CCCc2ccccc21)c1ccccc1. The van der Waals surface area contributed by atoms with Crippen molar-refractivity contribution >= 4 is 23.5 Å². The number of benzene rings is 2. The van der Waals surface area contributed by atoms with Crippen molar-refractivity contribution in [1.82, 2.24) is 5.01 Å². The van der Waals surface area contributed by atoms with Crippen molar-refractivity contribution in [1.29, 1.82) is 0 Å². The summed E-state index contributed by atoms with van der Waals surface area (Å²) in [5.41, 5.74) is 2.41. The zero-order valence-corrected chi connectivity index (χ0v) is 19.9. The summed E-state index contributed by atoms with van der Waals surface area (Å²) >= 11 is 0. The minimum Gasteiger partial charge on any atom is -0.480 e. The van der Waals surface area contributed by atoms with Crippen LogP contribution in [-0.2, 0) is 35.0 Å². The van der Waals surface area contributed by atoms with Gasteiger partial charge in [0, 0.05) is 20.1 Å². The van der Waals surface area contributed by atoms with Crippen molar-refractivity contribution in [2.24, 2.45) is 0 Å². The fourth-order valence-corrected chi connectivity index (χ4v) is 4.10. The summed E-state index contributed by atoms with van der Waals surface area (Å²) in [5.74, 6) is -2.37. The zero-order chi connectivity index (χ0) is 25.0. The van der Waals surface area contributed by atoms with Gasteiger partial charge in [-0.1, -0.05) is 48.5 Å². The first kappa shape index (κ1) is 26.3. The number of anilines is 1. The van der Waals surface area contributed by atoms with Gasteiger partial charge in [-0.15, -0.1) is 0 Å². The molecule has 1 heterocycles. The van der Waals surface area contributed by atoms with E-state index in [1.54, 1.807) is 7.11 Å². The number of hydrazine groups is 1. The Morgan fingerprint density at radius 3 is 2.54 bits per heavy atom. The number of hydrogen-bond donors (Lipinski definition) is 1. The van der Waals surface area contributed by atoms with Crippen molar-refractivity contribution in [3.8, 4) is 0 Å². The molecule has 1 unspecified atom stereocenters. The largest absolute Gasteiger partial charge is 0.480 e. The molecule has 0 bridgehead atoms. The molecule has 9 heteroatoms. The number of aryl methyl sites for hydroxylation is 1. The number of carboxylic acids is 1. The van der Waals surface area contributed by atoms with Crippen LogP contribution >= 0.6 is 0 Å². The summed E-state index contributed by atoms with van der Waals surface area (Å²) < 4.78 is 15.5. The van der Waals surface area contributed by atoms with Gasteiger partial charge in [-0.3, -0.25) is 14.4 Å². The molecule has 35 heavy (non-hydrogen) atoms. The predicted molar refractivity (Wildman–Crippen MR) is 129 cm³/mol. The fraction of sp³-hybridized carbons (Fsp3) is 0.423. The number of rotatable bonds is 13. The maximum Gasteiger partial charge on any atom is 0.319 e. The van der Waals surface area contributed by atoms with E-state index in [4.69, 9.17) is 14.2 Å². The molecule has 188 valence electrons. The minimum absolute atomic E-state index is 0.158. The van der Waals surface area contributed by atoms with Crippen LogP contribution in [0.5, 0.6) is 0 Å². The van der Waals surface area contributed by atoms with Crippen LogP contribution in [0.2, 0.25) is 0 Å². The minimum atomic E-state index is -1.06. The molecule has 1 N–H and O–H groups in total. The van der Waals surface area contributed by atoms with Crippen molar-refractivity contribution < 1.29 is 33.7 Å². The van der Waals surface area contributed by atoms with Gasteiger partial charge in [0.2, 0.25) is 5.91 Å². The van der Waals surface area contributed by atoms with E-state index in [0.29, 0.717) is 31.7 Å². The van der Waals surface area contributed by atoms with Crippen LogP contribution in [0.1, 0.15) is 36.3 Å². The number of fused-ring (bicyclic) bond motifs is 1. The van der Waals surface area contributed by atoms with E-state index < -0.39 is 17.9 Å². The standard InChI is InChI=1S/C26H32N2O7/c1-33-16-17-34-19-35-26(32)22(20-8-3-2-4-9-20)14-15-27(18-25(30)31)28-23-12-6-5-10-21(23)11-7-13-24(28)29/h2-6,8-10,12,22H,7,11,13-19H2,1H3,(H,30,31). The Kier molecular flexibility index (Phi) is 10.2. The smallest absolute Gasteiger partial charge is 0.319 e. The summed E-state index contributed by atoms with van der Waals surface area (Å²) in [6, 6.07) is 16.7. The van der Waals surface area contributed by atoms with Gasteiger partial charge in [-0.2, -0.15) is 0 Å². The van der Waals surface area contributed by atoms with Crippen LogP contribution in [0.4, 0.5) is 5.69 Å². The summed E-state index contributed by atoms with van der Waals surface area (Å²) in [4.78, 5) is 37.7. The second-order valence-corrected chi connectivity index (χ2v) is 8.20. The zero-order valence-electron chi connectivity index (χ0n) is 19.9. The Labute approximate surface area is 205 Å². The predicted octanol–water partition coefficient (Wildman–Crippen LogP) is 3.00. The van der Waals surface area contributed by atoms with E-state index in [1.807, 2.05) is 54.6 Å². The molecule has 0 aromatic heterocycles. The summed E-state index contributed by atoms with van der Waals surface area (Å²) in [6.07, 6.45) is 1.99. The maximum absolute atomic E-state index is 13.0. The first-order valence-corrected chi connectivity index (χ1v) is 11.7. The summed E-state index contributed by atoms with van der Waals surface area (Å²) in [7, 11) is 1.55. The van der Waals surface area contributed by atoms with Crippen LogP contribution in [0.15, 0.2) is 54.6 Å². The molecule has 1 aliphatic heterocycles. The highest BCUT2D eigenvalue weighted by atomic mass is 16.7. The van der Waals surface area contributed by atoms with Gasteiger partial charge >= 0.3 is 11.9 Å². The van der Waals surface area contributed by atoms with Crippen molar-refractivity contribution in [3.05, 3.63) is 65.7 Å². The first-order chi connectivity index (χ1) is 17.0. The molecular weight excluding hydrogens is 452 g/mol. The normalized spacial score (nSPS) is 14.3. The van der Waals surface area contributed by atoms with Crippen LogP contribution in [0.3, 0.4) is 0 Å². The molecular formula is C26H32N2O7. The van der Waals surface area contributed by atoms with Crippen LogP contribution in [0.25, 0.3) is 0 Å². The number of hydrogen-bond acceptors (Lipinski definition) is 7. The molecule has 2 aromatic carbocycles. The topological polar surface area (TPSA) is 106 Å². The molecule has 0 saturated carbocycles. The van der Waals surface area contributed by atoms with Gasteiger partial charge in [0.15, 0.2) is 6.79 Å². The third-order valence-electron chi connectivity index (χ3n) is 5.77. The number of ether oxygens (including phenoxy) is 3. The molecule has 0 radical (unpaired) electrons. The van der Waals surface area contributed by atoms with Gasteiger partial charge < -0.3 is 19.3 Å². The van der Waals surface area contributed by atoms with Gasteiger partial charge in [0.1, 0.15) is 6.54 Å². The highest BCUT2D eigenvalue weighted by Crippen LogP contribution is 2.29. The lowest BCUT2D eigenvalue weighted by molar-refractivity contribution is -0.159. The molecule has 3 rings (SSSR count). The van der Waals surface area contributed by atoms with Crippen LogP contribution in [-0.4, -0.2) is 68.2 Å². The number of carboxylic acid groups (broad SMARTS) is 1. The number of esters is 1. The molecule has 9 nitrogen and oxygen atoms in total. The van der Waals surface area contributed by atoms with Gasteiger partial charge in [-0.25, -0.2) is 10.0 Å². The highest BCUT2D eigenvalue weighted by Gasteiger charge is 2.31. The number of carbonyl (C=O) groups is 3. The van der Waals surface area contributed by atoms with Crippen LogP contribution in [0, 0.1) is 0 Å². The van der Waals surface area contributed by atoms with E-state index in [2.05, 4.69) is 0 Å². The van der Waals surface area contributed by atoms with E-state index >= 15 is 0 Å². The monoisotopic (exact) mass is 484 g/mol. The Bertz CT molecular complexity index is 983. The van der Waals surface area contributed by atoms with Gasteiger partial charge in [-0.05, 0) is 36.5 Å². The van der Waals surface area contributed by atoms with Crippen molar-refractivity contribution in [3.63, 3.8) is 0 Å². The third kappa shape index (κ3) is 7.61. The Hall–Kier alpha value is -3.27. The van der Waals surface area contributed by atoms with E-state index in [1.165, 1.54) is 10.0 Å². The molecule has 1 amide bonds. The van der Waals surface area contributed by atoms with E-state index in [-0.39, 0.29) is 32.2 Å². The summed E-state index contributed by atoms with van der Waals surface area (Å²) in [5, 5.41) is 12.6. The molecule has 0 spiro atoms. The fourth-order valence-electron chi connectivity index (χ4n) is 4.10. The molecule has 1 aliphatic rings. The van der Waals surface area contributed by atoms with Gasteiger partial charge in [0.05, 0.1) is 24.8 Å². The number of nitrogens with zero attached hydrogens (tertiary/aromatic N) is 2. The Balaban J connectivity index is 1.80. The lowest BCUT2D eigenvalue weighted by atomic mass is 9.95. The average Bonchev–Trinajstić information content (AvgIpc) is 3.02. The molecule has 0 saturated heterocycles. The number of para-hydroxylation sites is 1. The van der Waals surface area contributed by atoms with Crippen molar-refractivity contribution in [2.75, 3.05) is 45.2 Å². The maximum atomic E-state index is 13.0. The average molecular weight is 485 g/mol. The second-order valence-electron chi connectivity index (χ2n) is 8.20. The highest BCUT2D eigenvalue weighted by molar-refractivity contribution is 5.94. The number of aliphatic carboxylic acids is 1. The quantitative estimate of drug-likeness (QED) is 0.263.